The van der Waals surface area contributed by atoms with E-state index in [2.05, 4.69) is 73.6 Å². The summed E-state index contributed by atoms with van der Waals surface area (Å²) < 4.78 is 5.24. The van der Waals surface area contributed by atoms with E-state index in [1.165, 1.54) is 55.3 Å². The standard InChI is InChI=1S/C24H35NO/c1-25(2)19-11-9-15-22(16-10-12-20-26-3)24-18-8-7-17-23(24)21-13-5-4-6-14-21/h4-8,13-14,17-18,22H,9-12,15-16,19-20H2,1-3H3. The predicted molar refractivity (Wildman–Crippen MR) is 113 cm³/mol. The zero-order chi connectivity index (χ0) is 18.6. The number of unbranched alkanes of at least 4 members (excludes halogenated alkanes) is 2. The molecule has 0 radical (unpaired) electrons. The van der Waals surface area contributed by atoms with Crippen LogP contribution in [0.5, 0.6) is 0 Å². The Morgan fingerprint density at radius 3 is 2.15 bits per heavy atom. The van der Waals surface area contributed by atoms with Crippen LogP contribution < -0.4 is 0 Å². The van der Waals surface area contributed by atoms with Gasteiger partial charge in [-0.3, -0.25) is 0 Å². The number of methoxy groups -OCH3 is 1. The molecule has 2 aromatic rings. The lowest BCUT2D eigenvalue weighted by molar-refractivity contribution is 0.191. The SMILES string of the molecule is COCCCCC(CCCCN(C)C)c1ccccc1-c1ccccc1. The summed E-state index contributed by atoms with van der Waals surface area (Å²) in [4.78, 5) is 2.28. The average Bonchev–Trinajstić information content (AvgIpc) is 2.67. The second kappa shape index (κ2) is 11.9. The minimum Gasteiger partial charge on any atom is -0.385 e. The van der Waals surface area contributed by atoms with E-state index in [0.717, 1.165) is 13.0 Å². The number of benzene rings is 2. The van der Waals surface area contributed by atoms with Gasteiger partial charge in [0.05, 0.1) is 0 Å². The first-order valence-electron chi connectivity index (χ1n) is 10.0. The zero-order valence-electron chi connectivity index (χ0n) is 16.8. The number of ether oxygens (including phenoxy) is 1. The molecule has 0 spiro atoms. The largest absolute Gasteiger partial charge is 0.385 e. The van der Waals surface area contributed by atoms with Crippen molar-refractivity contribution < 1.29 is 4.74 Å². The fourth-order valence-corrected chi connectivity index (χ4v) is 3.64. The molecule has 0 bridgehead atoms. The van der Waals surface area contributed by atoms with Crippen LogP contribution in [0.3, 0.4) is 0 Å². The number of rotatable bonds is 12. The highest BCUT2D eigenvalue weighted by molar-refractivity contribution is 5.67. The molecule has 2 rings (SSSR count). The van der Waals surface area contributed by atoms with Crippen LogP contribution in [0.15, 0.2) is 54.6 Å². The molecule has 0 heterocycles. The van der Waals surface area contributed by atoms with Crippen molar-refractivity contribution in [3.05, 3.63) is 60.2 Å². The molecule has 0 aliphatic heterocycles. The lowest BCUT2D eigenvalue weighted by Gasteiger charge is -2.21. The van der Waals surface area contributed by atoms with Gasteiger partial charge in [-0.25, -0.2) is 0 Å². The summed E-state index contributed by atoms with van der Waals surface area (Å²) in [7, 11) is 6.11. The maximum Gasteiger partial charge on any atom is 0.0462 e. The molecular formula is C24H35NO. The van der Waals surface area contributed by atoms with Gasteiger partial charge in [-0.1, -0.05) is 67.4 Å². The van der Waals surface area contributed by atoms with Gasteiger partial charge in [0.1, 0.15) is 0 Å². The highest BCUT2D eigenvalue weighted by atomic mass is 16.5. The highest BCUT2D eigenvalue weighted by Crippen LogP contribution is 2.35. The predicted octanol–water partition coefficient (Wildman–Crippen LogP) is 5.99. The van der Waals surface area contributed by atoms with E-state index in [1.807, 2.05) is 0 Å². The molecule has 142 valence electrons. The fraction of sp³-hybridized carbons (Fsp3) is 0.500. The van der Waals surface area contributed by atoms with E-state index in [4.69, 9.17) is 4.74 Å². The molecule has 0 saturated heterocycles. The molecule has 0 amide bonds. The number of hydrogen-bond donors (Lipinski definition) is 0. The zero-order valence-corrected chi connectivity index (χ0v) is 16.8. The van der Waals surface area contributed by atoms with Crippen LogP contribution in [0.4, 0.5) is 0 Å². The van der Waals surface area contributed by atoms with Gasteiger partial charge in [-0.05, 0) is 68.9 Å². The van der Waals surface area contributed by atoms with Crippen molar-refractivity contribution in [3.8, 4) is 11.1 Å². The van der Waals surface area contributed by atoms with Crippen molar-refractivity contribution in [2.24, 2.45) is 0 Å². The van der Waals surface area contributed by atoms with Gasteiger partial charge in [0, 0.05) is 13.7 Å². The van der Waals surface area contributed by atoms with Gasteiger partial charge < -0.3 is 9.64 Å². The number of nitrogens with zero attached hydrogens (tertiary/aromatic N) is 1. The quantitative estimate of drug-likeness (QED) is 0.435. The molecule has 0 aliphatic carbocycles. The molecular weight excluding hydrogens is 318 g/mol. The summed E-state index contributed by atoms with van der Waals surface area (Å²) in [5, 5.41) is 0. The molecule has 26 heavy (non-hydrogen) atoms. The Morgan fingerprint density at radius 1 is 0.808 bits per heavy atom. The van der Waals surface area contributed by atoms with Crippen LogP contribution >= 0.6 is 0 Å². The maximum atomic E-state index is 5.24. The third-order valence-corrected chi connectivity index (χ3v) is 5.04. The molecule has 0 N–H and O–H groups in total. The summed E-state index contributed by atoms with van der Waals surface area (Å²) >= 11 is 0. The van der Waals surface area contributed by atoms with Crippen molar-refractivity contribution in [2.45, 2.75) is 44.4 Å². The molecule has 0 fully saturated rings. The third kappa shape index (κ3) is 6.93. The van der Waals surface area contributed by atoms with Crippen molar-refractivity contribution in [1.82, 2.24) is 4.90 Å². The van der Waals surface area contributed by atoms with Crippen molar-refractivity contribution >= 4 is 0 Å². The molecule has 2 heteroatoms. The van der Waals surface area contributed by atoms with Crippen molar-refractivity contribution in [1.29, 1.82) is 0 Å². The van der Waals surface area contributed by atoms with Crippen LogP contribution in [0.2, 0.25) is 0 Å². The average molecular weight is 354 g/mol. The molecule has 1 unspecified atom stereocenters. The van der Waals surface area contributed by atoms with Crippen LogP contribution in [-0.4, -0.2) is 39.3 Å². The summed E-state index contributed by atoms with van der Waals surface area (Å²) in [5.41, 5.74) is 4.25. The maximum absolute atomic E-state index is 5.24. The molecule has 2 nitrogen and oxygen atoms in total. The van der Waals surface area contributed by atoms with E-state index in [1.54, 1.807) is 7.11 Å². The topological polar surface area (TPSA) is 12.5 Å². The highest BCUT2D eigenvalue weighted by Gasteiger charge is 2.16. The second-order valence-electron chi connectivity index (χ2n) is 7.44. The van der Waals surface area contributed by atoms with Crippen LogP contribution in [0.25, 0.3) is 11.1 Å². The van der Waals surface area contributed by atoms with Crippen LogP contribution in [-0.2, 0) is 4.74 Å². The van der Waals surface area contributed by atoms with Crippen molar-refractivity contribution in [2.75, 3.05) is 34.4 Å². The van der Waals surface area contributed by atoms with Gasteiger partial charge in [0.15, 0.2) is 0 Å². The van der Waals surface area contributed by atoms with Gasteiger partial charge >= 0.3 is 0 Å². The first-order valence-corrected chi connectivity index (χ1v) is 10.0. The number of hydrogen-bond acceptors (Lipinski definition) is 2. The Kier molecular flexibility index (Phi) is 9.44. The van der Waals surface area contributed by atoms with Gasteiger partial charge in [0.25, 0.3) is 0 Å². The smallest absolute Gasteiger partial charge is 0.0462 e. The minimum absolute atomic E-state index is 0.630. The Hall–Kier alpha value is -1.64. The van der Waals surface area contributed by atoms with Gasteiger partial charge in [-0.15, -0.1) is 0 Å². The normalized spacial score (nSPS) is 12.5. The molecule has 1 atom stereocenters. The molecule has 0 aromatic heterocycles. The summed E-state index contributed by atoms with van der Waals surface area (Å²) in [6.07, 6.45) is 7.46. The first-order chi connectivity index (χ1) is 12.7. The fourth-order valence-electron chi connectivity index (χ4n) is 3.64. The van der Waals surface area contributed by atoms with Gasteiger partial charge in [0.2, 0.25) is 0 Å². The Bertz CT molecular complexity index is 609. The lowest BCUT2D eigenvalue weighted by Crippen LogP contribution is -2.13. The third-order valence-electron chi connectivity index (χ3n) is 5.04. The van der Waals surface area contributed by atoms with Crippen LogP contribution in [0.1, 0.15) is 50.0 Å². The van der Waals surface area contributed by atoms with E-state index in [0.29, 0.717) is 5.92 Å². The molecule has 2 aromatic carbocycles. The first kappa shape index (κ1) is 20.7. The summed E-state index contributed by atoms with van der Waals surface area (Å²) in [5.74, 6) is 0.630. The Labute approximate surface area is 160 Å². The summed E-state index contributed by atoms with van der Waals surface area (Å²) in [6.45, 7) is 2.05. The Morgan fingerprint density at radius 2 is 1.46 bits per heavy atom. The second-order valence-corrected chi connectivity index (χ2v) is 7.44. The molecule has 0 saturated carbocycles. The monoisotopic (exact) mass is 353 g/mol. The van der Waals surface area contributed by atoms with E-state index >= 15 is 0 Å². The van der Waals surface area contributed by atoms with E-state index in [9.17, 15) is 0 Å². The Balaban J connectivity index is 2.12. The van der Waals surface area contributed by atoms with E-state index < -0.39 is 0 Å². The van der Waals surface area contributed by atoms with Gasteiger partial charge in [-0.2, -0.15) is 0 Å². The van der Waals surface area contributed by atoms with Crippen molar-refractivity contribution in [3.63, 3.8) is 0 Å². The summed E-state index contributed by atoms with van der Waals surface area (Å²) in [6, 6.07) is 19.8. The lowest BCUT2D eigenvalue weighted by atomic mass is 9.84. The molecule has 0 aliphatic rings. The minimum atomic E-state index is 0.630. The van der Waals surface area contributed by atoms with E-state index in [-0.39, 0.29) is 0 Å². The van der Waals surface area contributed by atoms with Crippen LogP contribution in [0, 0.1) is 0 Å².